The van der Waals surface area contributed by atoms with Crippen molar-refractivity contribution in [3.63, 3.8) is 0 Å². The Balaban J connectivity index is 1.50. The number of rotatable bonds is 8. The van der Waals surface area contributed by atoms with E-state index in [-0.39, 0.29) is 33.5 Å². The first-order valence-corrected chi connectivity index (χ1v) is 21.2. The second-order valence-corrected chi connectivity index (χ2v) is 18.1. The predicted molar refractivity (Wildman–Crippen MR) is 178 cm³/mol. The van der Waals surface area contributed by atoms with Crippen molar-refractivity contribution in [2.24, 2.45) is 0 Å². The van der Waals surface area contributed by atoms with Crippen molar-refractivity contribution in [2.45, 2.75) is 172 Å². The highest BCUT2D eigenvalue weighted by atomic mass is 32.2. The van der Waals surface area contributed by atoms with E-state index in [0.29, 0.717) is 11.1 Å². The minimum atomic E-state index is -4.67. The number of benzene rings is 2. The molecule has 6 rings (SSSR count). The Kier molecular flexibility index (Phi) is 10.7. The normalized spacial score (nSPS) is 22.1. The quantitative estimate of drug-likeness (QED) is 0.278. The molecular formula is C36H49O6S3-. The van der Waals surface area contributed by atoms with E-state index >= 15 is 0 Å². The Hall–Kier alpha value is -1.39. The zero-order chi connectivity index (χ0) is 31.6. The highest BCUT2D eigenvalue weighted by Crippen LogP contribution is 2.48. The van der Waals surface area contributed by atoms with Crippen LogP contribution in [0.4, 0.5) is 0 Å². The molecule has 0 saturated heterocycles. The molecule has 4 aliphatic rings. The first-order chi connectivity index (χ1) is 21.6. The van der Waals surface area contributed by atoms with Crippen molar-refractivity contribution in [3.05, 3.63) is 46.5 Å². The molecule has 4 aliphatic carbocycles. The molecule has 0 heterocycles. The molecule has 0 spiro atoms. The second-order valence-electron chi connectivity index (χ2n) is 14.2. The highest BCUT2D eigenvalue weighted by Gasteiger charge is 2.32. The van der Waals surface area contributed by atoms with Gasteiger partial charge in [-0.1, -0.05) is 88.8 Å². The molecule has 1 N–H and O–H groups in total. The lowest BCUT2D eigenvalue weighted by Crippen LogP contribution is -2.17. The highest BCUT2D eigenvalue weighted by molar-refractivity contribution is 7.99. The molecular weight excluding hydrogens is 625 g/mol. The van der Waals surface area contributed by atoms with E-state index in [4.69, 9.17) is 0 Å². The summed E-state index contributed by atoms with van der Waals surface area (Å²) in [5.41, 5.74) is 2.90. The van der Waals surface area contributed by atoms with Gasteiger partial charge in [0.25, 0.3) is 10.1 Å². The van der Waals surface area contributed by atoms with Gasteiger partial charge in [-0.05, 0) is 122 Å². The molecule has 2 aromatic rings. The lowest BCUT2D eigenvalue weighted by atomic mass is 9.80. The van der Waals surface area contributed by atoms with Crippen LogP contribution in [-0.2, 0) is 20.2 Å². The molecule has 4 fully saturated rings. The average Bonchev–Trinajstić information content (AvgIpc) is 3.04. The van der Waals surface area contributed by atoms with Crippen molar-refractivity contribution in [1.29, 1.82) is 0 Å². The Labute approximate surface area is 275 Å². The van der Waals surface area contributed by atoms with Crippen molar-refractivity contribution >= 4 is 32.0 Å². The largest absolute Gasteiger partial charge is 0.744 e. The van der Waals surface area contributed by atoms with Gasteiger partial charge in [-0.2, -0.15) is 8.42 Å². The first kappa shape index (κ1) is 33.5. The Bertz CT molecular complexity index is 1360. The van der Waals surface area contributed by atoms with Crippen LogP contribution in [0.1, 0.15) is 174 Å². The van der Waals surface area contributed by atoms with E-state index in [1.165, 1.54) is 0 Å². The van der Waals surface area contributed by atoms with Crippen molar-refractivity contribution in [3.8, 4) is 0 Å². The fourth-order valence-corrected chi connectivity index (χ4v) is 12.1. The first-order valence-electron chi connectivity index (χ1n) is 17.6. The molecule has 0 aliphatic heterocycles. The molecule has 9 heteroatoms. The minimum Gasteiger partial charge on any atom is -0.744 e. The Morgan fingerprint density at radius 2 is 0.756 bits per heavy atom. The van der Waals surface area contributed by atoms with Crippen LogP contribution in [0, 0.1) is 0 Å². The van der Waals surface area contributed by atoms with Crippen LogP contribution in [0.15, 0.2) is 43.8 Å². The minimum absolute atomic E-state index is 0.0400. The van der Waals surface area contributed by atoms with Gasteiger partial charge in [0.2, 0.25) is 0 Å². The van der Waals surface area contributed by atoms with Crippen molar-refractivity contribution in [2.75, 3.05) is 0 Å². The molecule has 0 radical (unpaired) electrons. The molecule has 2 aromatic carbocycles. The van der Waals surface area contributed by atoms with E-state index in [2.05, 4.69) is 0 Å². The topological polar surface area (TPSA) is 112 Å². The van der Waals surface area contributed by atoms with Gasteiger partial charge in [-0.15, -0.1) is 0 Å². The number of hydrogen-bond donors (Lipinski definition) is 1. The molecule has 0 atom stereocenters. The van der Waals surface area contributed by atoms with E-state index in [0.717, 1.165) is 149 Å². The summed E-state index contributed by atoms with van der Waals surface area (Å²) < 4.78 is 75.6. The lowest BCUT2D eigenvalue weighted by molar-refractivity contribution is 0.415. The van der Waals surface area contributed by atoms with Crippen LogP contribution >= 0.6 is 11.8 Å². The summed E-state index contributed by atoms with van der Waals surface area (Å²) in [7, 11) is -9.10. The molecule has 6 nitrogen and oxygen atoms in total. The average molecular weight is 674 g/mol. The smallest absolute Gasteiger partial charge is 0.295 e. The molecule has 0 aromatic heterocycles. The maximum absolute atomic E-state index is 13.1. The van der Waals surface area contributed by atoms with E-state index in [9.17, 15) is 25.9 Å². The molecule has 0 amide bonds. The summed E-state index contributed by atoms with van der Waals surface area (Å²) in [6, 6.07) is 7.92. The van der Waals surface area contributed by atoms with Crippen LogP contribution < -0.4 is 0 Å². The van der Waals surface area contributed by atoms with Gasteiger partial charge in [0.1, 0.15) is 15.0 Å². The molecule has 0 unspecified atom stereocenters. The zero-order valence-electron chi connectivity index (χ0n) is 26.5. The maximum Gasteiger partial charge on any atom is 0.295 e. The monoisotopic (exact) mass is 673 g/mol. The Morgan fingerprint density at radius 1 is 0.489 bits per heavy atom. The molecule has 248 valence electrons. The van der Waals surface area contributed by atoms with Gasteiger partial charge in [-0.3, -0.25) is 4.55 Å². The SMILES string of the molecule is O=S(=O)([O-])c1c(C2CCCCC2)cc(Sc2cc(C3CCCCC3)c(S(=O)(=O)O)c(C3CCCCC3)c2)cc1C1CCCCC1. The summed E-state index contributed by atoms with van der Waals surface area (Å²) in [6.45, 7) is 0. The third-order valence-corrected chi connectivity index (χ3v) is 14.1. The second kappa shape index (κ2) is 14.4. The van der Waals surface area contributed by atoms with Gasteiger partial charge >= 0.3 is 0 Å². The fraction of sp³-hybridized carbons (Fsp3) is 0.667. The van der Waals surface area contributed by atoms with Gasteiger partial charge in [0.05, 0.1) is 4.90 Å². The van der Waals surface area contributed by atoms with Crippen molar-refractivity contribution < 1.29 is 25.9 Å². The third-order valence-electron chi connectivity index (χ3n) is 11.2. The third kappa shape index (κ3) is 7.85. The van der Waals surface area contributed by atoms with Gasteiger partial charge in [0.15, 0.2) is 0 Å². The number of hydrogen-bond acceptors (Lipinski definition) is 6. The van der Waals surface area contributed by atoms with Crippen LogP contribution in [-0.4, -0.2) is 25.9 Å². The van der Waals surface area contributed by atoms with Crippen molar-refractivity contribution in [1.82, 2.24) is 0 Å². The molecule has 0 bridgehead atoms. The van der Waals surface area contributed by atoms with E-state index in [1.807, 2.05) is 24.3 Å². The van der Waals surface area contributed by atoms with E-state index in [1.54, 1.807) is 11.8 Å². The van der Waals surface area contributed by atoms with Gasteiger partial charge < -0.3 is 4.55 Å². The van der Waals surface area contributed by atoms with Crippen LogP contribution in [0.2, 0.25) is 0 Å². The standard InChI is InChI=1S/C36H50O6S3/c37-44(38,39)35-31(25-13-5-1-6-14-25)21-29(22-32(35)26-15-7-2-8-16-26)43-30-23-33(27-17-9-3-10-18-27)36(45(40,41)42)34(24-30)28-19-11-4-12-20-28/h21-28H,1-20H2,(H,37,38,39)(H,40,41,42)/p-1. The summed E-state index contributed by atoms with van der Waals surface area (Å²) >= 11 is 1.57. The van der Waals surface area contributed by atoms with Gasteiger partial charge in [0, 0.05) is 9.79 Å². The molecule has 4 saturated carbocycles. The predicted octanol–water partition coefficient (Wildman–Crippen LogP) is 10.2. The van der Waals surface area contributed by atoms with Gasteiger partial charge in [-0.25, -0.2) is 8.42 Å². The molecule has 45 heavy (non-hydrogen) atoms. The van der Waals surface area contributed by atoms with Crippen LogP contribution in [0.3, 0.4) is 0 Å². The summed E-state index contributed by atoms with van der Waals surface area (Å²) in [5.74, 6) is 0.278. The summed E-state index contributed by atoms with van der Waals surface area (Å²) in [5, 5.41) is 0. The summed E-state index contributed by atoms with van der Waals surface area (Å²) in [4.78, 5) is 2.04. The van der Waals surface area contributed by atoms with E-state index < -0.39 is 20.2 Å². The zero-order valence-corrected chi connectivity index (χ0v) is 28.9. The van der Waals surface area contributed by atoms with Crippen LogP contribution in [0.25, 0.3) is 0 Å². The van der Waals surface area contributed by atoms with Crippen LogP contribution in [0.5, 0.6) is 0 Å². The maximum atomic E-state index is 13.1. The fourth-order valence-electron chi connectivity index (χ4n) is 9.00. The summed E-state index contributed by atoms with van der Waals surface area (Å²) in [6.07, 6.45) is 20.1. The Morgan fingerprint density at radius 3 is 1.00 bits per heavy atom. The lowest BCUT2D eigenvalue weighted by Gasteiger charge is -2.31.